The maximum atomic E-state index is 12.9. The second kappa shape index (κ2) is 13.2. The van der Waals surface area contributed by atoms with Crippen LogP contribution >= 0.6 is 0 Å². The summed E-state index contributed by atoms with van der Waals surface area (Å²) in [5, 5.41) is 16.3. The summed E-state index contributed by atoms with van der Waals surface area (Å²) < 4.78 is 0. The molecule has 0 radical (unpaired) electrons. The van der Waals surface area contributed by atoms with E-state index in [4.69, 9.17) is 16.6 Å². The van der Waals surface area contributed by atoms with Crippen LogP contribution in [-0.4, -0.2) is 58.9 Å². The van der Waals surface area contributed by atoms with Crippen molar-refractivity contribution in [2.75, 3.05) is 0 Å². The van der Waals surface area contributed by atoms with E-state index >= 15 is 0 Å². The average Bonchev–Trinajstić information content (AvgIpc) is 2.76. The van der Waals surface area contributed by atoms with Gasteiger partial charge in [0.2, 0.25) is 23.6 Å². The van der Waals surface area contributed by atoms with Gasteiger partial charge in [0.15, 0.2) is 0 Å². The number of aliphatic carboxylic acids is 1. The fraction of sp³-hybridized carbons (Fsp3) is 0.500. The Kier molecular flexibility index (Phi) is 11.0. The van der Waals surface area contributed by atoms with E-state index in [1.165, 1.54) is 6.92 Å². The van der Waals surface area contributed by atoms with E-state index in [9.17, 15) is 24.0 Å². The number of carboxylic acid groups (broad SMARTS) is 1. The van der Waals surface area contributed by atoms with Gasteiger partial charge in [-0.05, 0) is 24.8 Å². The van der Waals surface area contributed by atoms with Crippen LogP contribution in [0, 0.1) is 5.92 Å². The summed E-state index contributed by atoms with van der Waals surface area (Å²) in [5.41, 5.74) is 12.0. The molecule has 0 aliphatic rings. The number of carbonyl (C=O) groups excluding carboxylic acids is 4. The average molecular weight is 464 g/mol. The topological polar surface area (TPSA) is 194 Å². The highest BCUT2D eigenvalue weighted by atomic mass is 16.4. The third kappa shape index (κ3) is 9.27. The number of amides is 4. The molecule has 0 fully saturated rings. The van der Waals surface area contributed by atoms with E-state index in [0.29, 0.717) is 6.42 Å². The van der Waals surface area contributed by atoms with Crippen LogP contribution < -0.4 is 27.4 Å². The summed E-state index contributed by atoms with van der Waals surface area (Å²) in [7, 11) is 0. The number of primary amides is 1. The quantitative estimate of drug-likeness (QED) is 0.217. The van der Waals surface area contributed by atoms with Crippen molar-refractivity contribution in [3.8, 4) is 0 Å². The zero-order chi connectivity index (χ0) is 25.1. The monoisotopic (exact) mass is 463 g/mol. The standard InChI is InChI=1S/C22H33N5O6/c1-4-12(2)18(21(31)25-13(3)22(32)33)27-20(30)16(11-17(24)28)26-19(29)15(23)10-14-8-6-5-7-9-14/h5-9,12-13,15-16,18H,4,10-11,23H2,1-3H3,(H2,24,28)(H,25,31)(H,26,29)(H,27,30)(H,32,33). The van der Waals surface area contributed by atoms with E-state index in [1.807, 2.05) is 6.07 Å². The molecular weight excluding hydrogens is 430 g/mol. The van der Waals surface area contributed by atoms with Gasteiger partial charge in [-0.1, -0.05) is 50.6 Å². The van der Waals surface area contributed by atoms with Gasteiger partial charge in [0.1, 0.15) is 18.1 Å². The van der Waals surface area contributed by atoms with Crippen molar-refractivity contribution in [1.29, 1.82) is 0 Å². The number of hydrogen-bond acceptors (Lipinski definition) is 6. The number of carbonyl (C=O) groups is 5. The number of carboxylic acids is 1. The second-order valence-corrected chi connectivity index (χ2v) is 7.97. The molecule has 0 bridgehead atoms. The first-order chi connectivity index (χ1) is 15.5. The third-order valence-corrected chi connectivity index (χ3v) is 5.20. The predicted octanol–water partition coefficient (Wildman–Crippen LogP) is -0.963. The maximum Gasteiger partial charge on any atom is 0.325 e. The smallest absolute Gasteiger partial charge is 0.325 e. The number of benzene rings is 1. The van der Waals surface area contributed by atoms with Crippen LogP contribution in [0.3, 0.4) is 0 Å². The van der Waals surface area contributed by atoms with Crippen molar-refractivity contribution in [1.82, 2.24) is 16.0 Å². The number of nitrogens with two attached hydrogens (primary N) is 2. The first-order valence-electron chi connectivity index (χ1n) is 10.7. The molecule has 5 unspecified atom stereocenters. The van der Waals surface area contributed by atoms with E-state index in [2.05, 4.69) is 16.0 Å². The molecule has 33 heavy (non-hydrogen) atoms. The van der Waals surface area contributed by atoms with Crippen molar-refractivity contribution in [2.24, 2.45) is 17.4 Å². The van der Waals surface area contributed by atoms with Crippen LogP contribution in [0.2, 0.25) is 0 Å². The van der Waals surface area contributed by atoms with E-state index in [0.717, 1.165) is 5.56 Å². The van der Waals surface area contributed by atoms with Crippen LogP contribution in [0.25, 0.3) is 0 Å². The molecule has 5 atom stereocenters. The highest BCUT2D eigenvalue weighted by molar-refractivity contribution is 5.96. The summed E-state index contributed by atoms with van der Waals surface area (Å²) in [6, 6.07) is 4.43. The summed E-state index contributed by atoms with van der Waals surface area (Å²) in [6.07, 6.45) is 0.202. The van der Waals surface area contributed by atoms with Gasteiger partial charge in [-0.15, -0.1) is 0 Å². The Bertz CT molecular complexity index is 847. The second-order valence-electron chi connectivity index (χ2n) is 7.97. The molecule has 0 aliphatic heterocycles. The summed E-state index contributed by atoms with van der Waals surface area (Å²) >= 11 is 0. The lowest BCUT2D eigenvalue weighted by molar-refractivity contribution is -0.142. The maximum absolute atomic E-state index is 12.9. The molecule has 0 saturated carbocycles. The summed E-state index contributed by atoms with van der Waals surface area (Å²) in [5.74, 6) is -4.60. The van der Waals surface area contributed by atoms with Crippen LogP contribution in [0.4, 0.5) is 0 Å². The van der Waals surface area contributed by atoms with Gasteiger partial charge < -0.3 is 32.5 Å². The Morgan fingerprint density at radius 3 is 2.06 bits per heavy atom. The zero-order valence-electron chi connectivity index (χ0n) is 19.0. The van der Waals surface area contributed by atoms with Crippen molar-refractivity contribution in [3.05, 3.63) is 35.9 Å². The summed E-state index contributed by atoms with van der Waals surface area (Å²) in [6.45, 7) is 4.79. The van der Waals surface area contributed by atoms with Gasteiger partial charge in [0.25, 0.3) is 0 Å². The molecule has 0 spiro atoms. The Morgan fingerprint density at radius 1 is 0.939 bits per heavy atom. The molecule has 0 saturated heterocycles. The van der Waals surface area contributed by atoms with Crippen molar-refractivity contribution in [3.63, 3.8) is 0 Å². The van der Waals surface area contributed by atoms with Crippen molar-refractivity contribution < 1.29 is 29.1 Å². The predicted molar refractivity (Wildman–Crippen MR) is 120 cm³/mol. The Hall–Kier alpha value is -3.47. The first-order valence-corrected chi connectivity index (χ1v) is 10.7. The Labute approximate surface area is 192 Å². The van der Waals surface area contributed by atoms with Gasteiger partial charge in [0.05, 0.1) is 12.5 Å². The third-order valence-electron chi connectivity index (χ3n) is 5.20. The highest BCUT2D eigenvalue weighted by Crippen LogP contribution is 2.10. The first kappa shape index (κ1) is 27.6. The molecule has 4 amide bonds. The SMILES string of the molecule is CCC(C)C(NC(=O)C(CC(N)=O)NC(=O)C(N)Cc1ccccc1)C(=O)NC(C)C(=O)O. The lowest BCUT2D eigenvalue weighted by Gasteiger charge is -2.27. The number of nitrogens with one attached hydrogen (secondary N) is 3. The Balaban J connectivity index is 2.93. The van der Waals surface area contributed by atoms with Gasteiger partial charge in [0, 0.05) is 0 Å². The molecule has 182 valence electrons. The zero-order valence-corrected chi connectivity index (χ0v) is 19.0. The lowest BCUT2D eigenvalue weighted by atomic mass is 9.97. The van der Waals surface area contributed by atoms with E-state index < -0.39 is 60.2 Å². The molecule has 1 aromatic carbocycles. The largest absolute Gasteiger partial charge is 0.480 e. The van der Waals surface area contributed by atoms with E-state index in [1.54, 1.807) is 38.1 Å². The summed E-state index contributed by atoms with van der Waals surface area (Å²) in [4.78, 5) is 60.6. The van der Waals surface area contributed by atoms with Gasteiger partial charge in [-0.25, -0.2) is 0 Å². The van der Waals surface area contributed by atoms with E-state index in [-0.39, 0.29) is 12.3 Å². The van der Waals surface area contributed by atoms with Crippen molar-refractivity contribution >= 4 is 29.6 Å². The van der Waals surface area contributed by atoms with Gasteiger partial charge >= 0.3 is 5.97 Å². The van der Waals surface area contributed by atoms with Crippen LogP contribution in [-0.2, 0) is 30.4 Å². The minimum absolute atomic E-state index is 0.211. The fourth-order valence-corrected chi connectivity index (χ4v) is 2.97. The molecule has 0 heterocycles. The Morgan fingerprint density at radius 2 is 1.55 bits per heavy atom. The molecule has 0 aliphatic carbocycles. The highest BCUT2D eigenvalue weighted by Gasteiger charge is 2.32. The lowest BCUT2D eigenvalue weighted by Crippen LogP contribution is -2.59. The number of hydrogen-bond donors (Lipinski definition) is 6. The molecule has 1 aromatic rings. The molecule has 11 nitrogen and oxygen atoms in total. The van der Waals surface area contributed by atoms with Crippen molar-refractivity contribution in [2.45, 2.75) is 64.2 Å². The molecule has 0 aromatic heterocycles. The van der Waals surface area contributed by atoms with Crippen LogP contribution in [0.5, 0.6) is 0 Å². The fourth-order valence-electron chi connectivity index (χ4n) is 2.97. The minimum Gasteiger partial charge on any atom is -0.480 e. The molecule has 1 rings (SSSR count). The molecular formula is C22H33N5O6. The van der Waals surface area contributed by atoms with Crippen LogP contribution in [0.15, 0.2) is 30.3 Å². The molecule has 8 N–H and O–H groups in total. The molecule has 11 heteroatoms. The number of rotatable bonds is 13. The van der Waals surface area contributed by atoms with Gasteiger partial charge in [-0.3, -0.25) is 24.0 Å². The normalized spacial score (nSPS) is 15.3. The van der Waals surface area contributed by atoms with Crippen LogP contribution in [0.1, 0.15) is 39.2 Å². The van der Waals surface area contributed by atoms with Gasteiger partial charge in [-0.2, -0.15) is 0 Å². The minimum atomic E-state index is -1.35.